The van der Waals surface area contributed by atoms with Gasteiger partial charge in [0.1, 0.15) is 0 Å². The number of hydrogen-bond donors (Lipinski definition) is 1. The summed E-state index contributed by atoms with van der Waals surface area (Å²) in [5, 5.41) is 0. The molecule has 1 aromatic rings. The van der Waals surface area contributed by atoms with Crippen molar-refractivity contribution in [2.45, 2.75) is 33.7 Å². The molecule has 1 aliphatic rings. The summed E-state index contributed by atoms with van der Waals surface area (Å²) in [6.07, 6.45) is 3.13. The third-order valence-electron chi connectivity index (χ3n) is 3.92. The fourth-order valence-electron chi connectivity index (χ4n) is 3.05. The van der Waals surface area contributed by atoms with Gasteiger partial charge >= 0.3 is 0 Å². The molecule has 2 heterocycles. The van der Waals surface area contributed by atoms with Gasteiger partial charge in [0.2, 0.25) is 0 Å². The molecule has 0 spiro atoms. The van der Waals surface area contributed by atoms with E-state index in [1.54, 1.807) is 6.33 Å². The van der Waals surface area contributed by atoms with E-state index >= 15 is 0 Å². The van der Waals surface area contributed by atoms with Crippen LogP contribution in [0.4, 0.5) is 0 Å². The van der Waals surface area contributed by atoms with Crippen molar-refractivity contribution in [3.63, 3.8) is 0 Å². The monoisotopic (exact) mass is 264 g/mol. The number of imidazole rings is 1. The van der Waals surface area contributed by atoms with Gasteiger partial charge in [-0.3, -0.25) is 0 Å². The number of aryl methyl sites for hydroxylation is 1. The molecule has 2 rings (SSSR count). The second-order valence-electron chi connectivity index (χ2n) is 6.48. The molecule has 0 aliphatic carbocycles. The summed E-state index contributed by atoms with van der Waals surface area (Å²) in [6, 6.07) is 0. The highest BCUT2D eigenvalue weighted by molar-refractivity contribution is 5.08. The molecule has 108 valence electrons. The van der Waals surface area contributed by atoms with Crippen LogP contribution in [0, 0.1) is 18.8 Å². The average Bonchev–Trinajstić information content (AvgIpc) is 2.89. The van der Waals surface area contributed by atoms with Crippen molar-refractivity contribution in [3.8, 4) is 0 Å². The summed E-state index contributed by atoms with van der Waals surface area (Å²) in [5.74, 6) is 1.60. The third kappa shape index (κ3) is 4.32. The minimum absolute atomic E-state index is 0.781. The number of H-pyrrole nitrogens is 1. The molecule has 1 aromatic heterocycles. The van der Waals surface area contributed by atoms with Gasteiger partial charge in [0.05, 0.1) is 12.0 Å². The molecule has 1 N–H and O–H groups in total. The zero-order valence-electron chi connectivity index (χ0n) is 12.8. The first kappa shape index (κ1) is 14.5. The predicted octanol–water partition coefficient (Wildman–Crippen LogP) is 2.13. The lowest BCUT2D eigenvalue weighted by molar-refractivity contribution is 0.245. The maximum Gasteiger partial charge on any atom is 0.0925 e. The van der Waals surface area contributed by atoms with E-state index in [0.29, 0.717) is 0 Å². The summed E-state index contributed by atoms with van der Waals surface area (Å²) in [7, 11) is 2.21. The van der Waals surface area contributed by atoms with Crippen molar-refractivity contribution in [2.24, 2.45) is 11.8 Å². The number of rotatable bonds is 6. The number of likely N-dealkylation sites (tertiary alicyclic amines) is 1. The summed E-state index contributed by atoms with van der Waals surface area (Å²) in [5.41, 5.74) is 2.37. The van der Waals surface area contributed by atoms with Gasteiger partial charge in [-0.05, 0) is 38.8 Å². The van der Waals surface area contributed by atoms with Gasteiger partial charge in [0.15, 0.2) is 0 Å². The Balaban J connectivity index is 1.74. The van der Waals surface area contributed by atoms with Gasteiger partial charge < -0.3 is 14.8 Å². The number of aromatic nitrogens is 2. The Morgan fingerprint density at radius 1 is 1.53 bits per heavy atom. The standard InChI is InChI=1S/C15H28N4/c1-12(2)7-19-6-5-14(9-19)8-18(4)10-15-13(3)16-11-17-15/h11-12,14H,5-10H2,1-4H3,(H,16,17)/t14-/m0/s1. The number of nitrogens with one attached hydrogen (secondary N) is 1. The van der Waals surface area contributed by atoms with E-state index in [0.717, 1.165) is 18.4 Å². The number of aromatic amines is 1. The van der Waals surface area contributed by atoms with E-state index in [4.69, 9.17) is 0 Å². The quantitative estimate of drug-likeness (QED) is 0.855. The fourth-order valence-corrected chi connectivity index (χ4v) is 3.05. The first-order valence-electron chi connectivity index (χ1n) is 7.44. The van der Waals surface area contributed by atoms with Crippen molar-refractivity contribution in [1.82, 2.24) is 19.8 Å². The van der Waals surface area contributed by atoms with Gasteiger partial charge in [-0.1, -0.05) is 13.8 Å². The van der Waals surface area contributed by atoms with Gasteiger partial charge in [0.25, 0.3) is 0 Å². The van der Waals surface area contributed by atoms with Crippen molar-refractivity contribution >= 4 is 0 Å². The minimum atomic E-state index is 0.781. The minimum Gasteiger partial charge on any atom is -0.348 e. The Kier molecular flexibility index (Phi) is 4.99. The lowest BCUT2D eigenvalue weighted by atomic mass is 10.1. The van der Waals surface area contributed by atoms with E-state index in [-0.39, 0.29) is 0 Å². The normalized spacial score (nSPS) is 20.8. The first-order chi connectivity index (χ1) is 9.04. The molecule has 0 unspecified atom stereocenters. The smallest absolute Gasteiger partial charge is 0.0925 e. The van der Waals surface area contributed by atoms with Crippen LogP contribution in [0.3, 0.4) is 0 Å². The molecule has 0 amide bonds. The highest BCUT2D eigenvalue weighted by Crippen LogP contribution is 2.19. The zero-order chi connectivity index (χ0) is 13.8. The number of hydrogen-bond acceptors (Lipinski definition) is 3. The van der Waals surface area contributed by atoms with E-state index in [2.05, 4.69) is 47.6 Å². The van der Waals surface area contributed by atoms with Gasteiger partial charge in [-0.25, -0.2) is 4.98 Å². The molecular formula is C15H28N4. The molecule has 19 heavy (non-hydrogen) atoms. The molecule has 0 radical (unpaired) electrons. The van der Waals surface area contributed by atoms with Crippen LogP contribution in [0.2, 0.25) is 0 Å². The van der Waals surface area contributed by atoms with E-state index < -0.39 is 0 Å². The lowest BCUT2D eigenvalue weighted by Crippen LogP contribution is -2.29. The van der Waals surface area contributed by atoms with Crippen LogP contribution in [0.1, 0.15) is 31.7 Å². The predicted molar refractivity (Wildman–Crippen MR) is 79.0 cm³/mol. The van der Waals surface area contributed by atoms with Crippen LogP contribution in [0.15, 0.2) is 6.33 Å². The van der Waals surface area contributed by atoms with Gasteiger partial charge in [0, 0.05) is 31.9 Å². The molecule has 4 heteroatoms. The third-order valence-corrected chi connectivity index (χ3v) is 3.92. The summed E-state index contributed by atoms with van der Waals surface area (Å²) < 4.78 is 0. The van der Waals surface area contributed by atoms with Crippen LogP contribution in [-0.2, 0) is 6.54 Å². The lowest BCUT2D eigenvalue weighted by Gasteiger charge is -2.22. The second kappa shape index (κ2) is 6.53. The molecule has 1 aliphatic heterocycles. The Bertz CT molecular complexity index is 385. The van der Waals surface area contributed by atoms with Crippen LogP contribution in [0.5, 0.6) is 0 Å². The Labute approximate surface area is 117 Å². The zero-order valence-corrected chi connectivity index (χ0v) is 12.8. The molecular weight excluding hydrogens is 236 g/mol. The van der Waals surface area contributed by atoms with Gasteiger partial charge in [-0.15, -0.1) is 0 Å². The first-order valence-corrected chi connectivity index (χ1v) is 7.44. The summed E-state index contributed by atoms with van der Waals surface area (Å²) >= 11 is 0. The summed E-state index contributed by atoms with van der Waals surface area (Å²) in [6.45, 7) is 12.6. The average molecular weight is 264 g/mol. The van der Waals surface area contributed by atoms with E-state index in [1.807, 2.05) is 0 Å². The van der Waals surface area contributed by atoms with Crippen molar-refractivity contribution in [1.29, 1.82) is 0 Å². The van der Waals surface area contributed by atoms with Crippen molar-refractivity contribution < 1.29 is 0 Å². The maximum atomic E-state index is 4.38. The largest absolute Gasteiger partial charge is 0.348 e. The highest BCUT2D eigenvalue weighted by Gasteiger charge is 2.23. The Morgan fingerprint density at radius 3 is 2.95 bits per heavy atom. The van der Waals surface area contributed by atoms with Crippen LogP contribution in [0.25, 0.3) is 0 Å². The Hall–Kier alpha value is -0.870. The molecule has 0 saturated carbocycles. The van der Waals surface area contributed by atoms with Crippen molar-refractivity contribution in [2.75, 3.05) is 33.2 Å². The molecule has 0 aromatic carbocycles. The molecule has 1 saturated heterocycles. The van der Waals surface area contributed by atoms with Crippen LogP contribution < -0.4 is 0 Å². The molecule has 0 bridgehead atoms. The SMILES string of the molecule is Cc1[nH]cnc1CN(C)C[C@@H]1CCN(CC(C)C)C1. The van der Waals surface area contributed by atoms with Crippen LogP contribution in [-0.4, -0.2) is 53.0 Å². The van der Waals surface area contributed by atoms with Gasteiger partial charge in [-0.2, -0.15) is 0 Å². The van der Waals surface area contributed by atoms with Crippen molar-refractivity contribution in [3.05, 3.63) is 17.7 Å². The molecule has 1 fully saturated rings. The molecule has 4 nitrogen and oxygen atoms in total. The highest BCUT2D eigenvalue weighted by atomic mass is 15.2. The Morgan fingerprint density at radius 2 is 2.32 bits per heavy atom. The topological polar surface area (TPSA) is 35.2 Å². The fraction of sp³-hybridized carbons (Fsp3) is 0.800. The second-order valence-corrected chi connectivity index (χ2v) is 6.48. The summed E-state index contributed by atoms with van der Waals surface area (Å²) in [4.78, 5) is 12.6. The van der Waals surface area contributed by atoms with Crippen LogP contribution >= 0.6 is 0 Å². The molecule has 1 atom stereocenters. The maximum absolute atomic E-state index is 4.38. The van der Waals surface area contributed by atoms with E-state index in [1.165, 1.54) is 44.0 Å². The van der Waals surface area contributed by atoms with E-state index in [9.17, 15) is 0 Å². The number of nitrogens with zero attached hydrogens (tertiary/aromatic N) is 3.